The molecule has 1 aliphatic heterocycles. The van der Waals surface area contributed by atoms with Gasteiger partial charge in [-0.1, -0.05) is 26.1 Å². The maximum atomic E-state index is 11.9. The summed E-state index contributed by atoms with van der Waals surface area (Å²) in [5, 5.41) is 0. The molecule has 3 nitrogen and oxygen atoms in total. The number of nitrogens with two attached hydrogens (primary N) is 1. The highest BCUT2D eigenvalue weighted by atomic mass is 32.1. The van der Waals surface area contributed by atoms with Crippen LogP contribution in [0.5, 0.6) is 0 Å². The average molecular weight is 228 g/mol. The molecule has 0 aromatic rings. The van der Waals surface area contributed by atoms with E-state index in [1.54, 1.807) is 6.92 Å². The summed E-state index contributed by atoms with van der Waals surface area (Å²) in [6.45, 7) is 7.93. The molecule has 1 fully saturated rings. The minimum Gasteiger partial charge on any atom is -0.393 e. The molecule has 1 rings (SSSR count). The maximum Gasteiger partial charge on any atom is 0.232 e. The van der Waals surface area contributed by atoms with Crippen LogP contribution in [0.1, 0.15) is 33.6 Å². The number of amides is 1. The van der Waals surface area contributed by atoms with Crippen LogP contribution >= 0.6 is 12.2 Å². The predicted molar refractivity (Wildman–Crippen MR) is 65.5 cm³/mol. The van der Waals surface area contributed by atoms with Gasteiger partial charge < -0.3 is 10.6 Å². The molecule has 0 aliphatic carbocycles. The topological polar surface area (TPSA) is 46.3 Å². The normalized spacial score (nSPS) is 22.2. The zero-order chi connectivity index (χ0) is 11.6. The van der Waals surface area contributed by atoms with Crippen molar-refractivity contribution in [2.75, 3.05) is 13.1 Å². The number of hydrogen-bond donors (Lipinski definition) is 1. The smallest absolute Gasteiger partial charge is 0.232 e. The number of carbonyl (C=O) groups excluding carboxylic acids is 1. The molecular weight excluding hydrogens is 208 g/mol. The molecule has 0 bridgehead atoms. The quantitative estimate of drug-likeness (QED) is 0.730. The standard InChI is InChI=1S/C11H20N2OS/c1-8(9(12)15)10(14)13-6-4-11(2,3)5-7-13/h8H,4-7H2,1-3H3,(H2,12,15). The fourth-order valence-electron chi connectivity index (χ4n) is 1.73. The first-order valence-corrected chi connectivity index (χ1v) is 5.82. The van der Waals surface area contributed by atoms with Crippen molar-refractivity contribution in [2.24, 2.45) is 17.1 Å². The summed E-state index contributed by atoms with van der Waals surface area (Å²) in [4.78, 5) is 14.1. The van der Waals surface area contributed by atoms with Gasteiger partial charge in [0.25, 0.3) is 0 Å². The summed E-state index contributed by atoms with van der Waals surface area (Å²) in [6, 6.07) is 0. The largest absolute Gasteiger partial charge is 0.393 e. The van der Waals surface area contributed by atoms with Gasteiger partial charge >= 0.3 is 0 Å². The zero-order valence-electron chi connectivity index (χ0n) is 9.75. The SMILES string of the molecule is CC(C(=O)N1CCC(C)(C)CC1)C(N)=S. The second kappa shape index (κ2) is 4.47. The van der Waals surface area contributed by atoms with Gasteiger partial charge in [0, 0.05) is 13.1 Å². The van der Waals surface area contributed by atoms with Crippen molar-refractivity contribution in [1.82, 2.24) is 4.90 Å². The first-order chi connectivity index (χ1) is 6.83. The average Bonchev–Trinajstić information content (AvgIpc) is 2.15. The van der Waals surface area contributed by atoms with Gasteiger partial charge in [-0.25, -0.2) is 0 Å². The summed E-state index contributed by atoms with van der Waals surface area (Å²) in [5.41, 5.74) is 5.85. The molecule has 15 heavy (non-hydrogen) atoms. The van der Waals surface area contributed by atoms with Crippen LogP contribution in [0.15, 0.2) is 0 Å². The Labute approximate surface area is 97.0 Å². The van der Waals surface area contributed by atoms with Crippen molar-refractivity contribution in [2.45, 2.75) is 33.6 Å². The molecule has 1 saturated heterocycles. The van der Waals surface area contributed by atoms with Crippen molar-refractivity contribution in [3.8, 4) is 0 Å². The first kappa shape index (κ1) is 12.4. The highest BCUT2D eigenvalue weighted by Crippen LogP contribution is 2.30. The lowest BCUT2D eigenvalue weighted by Gasteiger charge is -2.37. The van der Waals surface area contributed by atoms with Gasteiger partial charge in [-0.05, 0) is 25.2 Å². The number of thiocarbonyl (C=S) groups is 1. The van der Waals surface area contributed by atoms with Crippen LogP contribution in [0, 0.1) is 11.3 Å². The van der Waals surface area contributed by atoms with E-state index in [2.05, 4.69) is 13.8 Å². The molecule has 0 aromatic heterocycles. The van der Waals surface area contributed by atoms with Crippen LogP contribution in [-0.2, 0) is 4.79 Å². The lowest BCUT2D eigenvalue weighted by atomic mass is 9.82. The minimum atomic E-state index is -0.318. The van der Waals surface area contributed by atoms with E-state index in [4.69, 9.17) is 18.0 Å². The van der Waals surface area contributed by atoms with Crippen LogP contribution in [0.2, 0.25) is 0 Å². The number of hydrogen-bond acceptors (Lipinski definition) is 2. The lowest BCUT2D eigenvalue weighted by Crippen LogP contribution is -2.45. The van der Waals surface area contributed by atoms with Crippen LogP contribution < -0.4 is 5.73 Å². The van der Waals surface area contributed by atoms with Gasteiger partial charge in [-0.2, -0.15) is 0 Å². The molecule has 0 spiro atoms. The van der Waals surface area contributed by atoms with Gasteiger partial charge in [0.05, 0.1) is 10.9 Å². The molecule has 86 valence electrons. The molecule has 1 heterocycles. The van der Waals surface area contributed by atoms with E-state index >= 15 is 0 Å². The van der Waals surface area contributed by atoms with Crippen LogP contribution in [0.4, 0.5) is 0 Å². The Morgan fingerprint density at radius 3 is 2.27 bits per heavy atom. The molecular formula is C11H20N2OS. The number of likely N-dealkylation sites (tertiary alicyclic amines) is 1. The third-order valence-corrected chi connectivity index (χ3v) is 3.58. The van der Waals surface area contributed by atoms with Crippen molar-refractivity contribution < 1.29 is 4.79 Å². The Balaban J connectivity index is 2.54. The number of nitrogens with zero attached hydrogens (tertiary/aromatic N) is 1. The van der Waals surface area contributed by atoms with Crippen LogP contribution in [0.25, 0.3) is 0 Å². The predicted octanol–water partition coefficient (Wildman–Crippen LogP) is 1.56. The molecule has 2 N–H and O–H groups in total. The summed E-state index contributed by atoms with van der Waals surface area (Å²) >= 11 is 4.84. The van der Waals surface area contributed by atoms with E-state index in [0.717, 1.165) is 25.9 Å². The molecule has 1 amide bonds. The minimum absolute atomic E-state index is 0.0815. The highest BCUT2D eigenvalue weighted by Gasteiger charge is 2.30. The fourth-order valence-corrected chi connectivity index (χ4v) is 1.83. The van der Waals surface area contributed by atoms with E-state index in [0.29, 0.717) is 10.4 Å². The Hall–Kier alpha value is -0.640. The Kier molecular flexibility index (Phi) is 3.71. The third kappa shape index (κ3) is 3.16. The first-order valence-electron chi connectivity index (χ1n) is 5.41. The van der Waals surface area contributed by atoms with Crippen molar-refractivity contribution in [3.63, 3.8) is 0 Å². The second-order valence-electron chi connectivity index (χ2n) is 5.11. The monoisotopic (exact) mass is 228 g/mol. The van der Waals surface area contributed by atoms with E-state index in [9.17, 15) is 4.79 Å². The van der Waals surface area contributed by atoms with Gasteiger partial charge in [0.1, 0.15) is 0 Å². The summed E-state index contributed by atoms with van der Waals surface area (Å²) in [6.07, 6.45) is 2.12. The van der Waals surface area contributed by atoms with Gasteiger partial charge in [0.2, 0.25) is 5.91 Å². The number of rotatable bonds is 2. The van der Waals surface area contributed by atoms with E-state index in [-0.39, 0.29) is 11.8 Å². The summed E-state index contributed by atoms with van der Waals surface area (Å²) in [5.74, 6) is -0.237. The van der Waals surface area contributed by atoms with Gasteiger partial charge in [0.15, 0.2) is 0 Å². The van der Waals surface area contributed by atoms with E-state index < -0.39 is 0 Å². The van der Waals surface area contributed by atoms with Crippen molar-refractivity contribution in [3.05, 3.63) is 0 Å². The molecule has 4 heteroatoms. The Bertz CT molecular complexity index is 266. The fraction of sp³-hybridized carbons (Fsp3) is 0.818. The number of piperidine rings is 1. The molecule has 1 unspecified atom stereocenters. The Morgan fingerprint density at radius 2 is 1.87 bits per heavy atom. The molecule has 0 radical (unpaired) electrons. The molecule has 0 aromatic carbocycles. The number of carbonyl (C=O) groups is 1. The van der Waals surface area contributed by atoms with Gasteiger partial charge in [-0.3, -0.25) is 4.79 Å². The summed E-state index contributed by atoms with van der Waals surface area (Å²) < 4.78 is 0. The van der Waals surface area contributed by atoms with Crippen LogP contribution in [0.3, 0.4) is 0 Å². The van der Waals surface area contributed by atoms with Crippen molar-refractivity contribution >= 4 is 23.1 Å². The van der Waals surface area contributed by atoms with E-state index in [1.807, 2.05) is 4.90 Å². The molecule has 0 saturated carbocycles. The summed E-state index contributed by atoms with van der Waals surface area (Å²) in [7, 11) is 0. The second-order valence-corrected chi connectivity index (χ2v) is 5.58. The highest BCUT2D eigenvalue weighted by molar-refractivity contribution is 7.80. The van der Waals surface area contributed by atoms with Crippen molar-refractivity contribution in [1.29, 1.82) is 0 Å². The molecule has 1 aliphatic rings. The zero-order valence-corrected chi connectivity index (χ0v) is 10.6. The molecule has 1 atom stereocenters. The Morgan fingerprint density at radius 1 is 1.40 bits per heavy atom. The third-order valence-electron chi connectivity index (χ3n) is 3.23. The van der Waals surface area contributed by atoms with Gasteiger partial charge in [-0.15, -0.1) is 0 Å². The lowest BCUT2D eigenvalue weighted by molar-refractivity contribution is -0.134. The van der Waals surface area contributed by atoms with Crippen LogP contribution in [-0.4, -0.2) is 28.9 Å². The maximum absolute atomic E-state index is 11.9. The van der Waals surface area contributed by atoms with E-state index in [1.165, 1.54) is 0 Å².